The van der Waals surface area contributed by atoms with Crippen molar-refractivity contribution in [2.24, 2.45) is 7.05 Å². The first kappa shape index (κ1) is 16.5. The summed E-state index contributed by atoms with van der Waals surface area (Å²) >= 11 is 0. The molecule has 1 heterocycles. The molecular weight excluding hydrogens is 286 g/mol. The van der Waals surface area contributed by atoms with Crippen molar-refractivity contribution in [3.63, 3.8) is 0 Å². The van der Waals surface area contributed by atoms with Gasteiger partial charge in [-0.1, -0.05) is 19.8 Å². The maximum absolute atomic E-state index is 12.7. The molecule has 120 valence electrons. The summed E-state index contributed by atoms with van der Waals surface area (Å²) in [5.41, 5.74) is 1.00. The molecule has 2 rings (SSSR count). The Hall–Kier alpha value is -0.850. The number of aromatic nitrogens is 1. The second-order valence-electron chi connectivity index (χ2n) is 5.91. The largest absolute Gasteiger partial charge is 0.352 e. The van der Waals surface area contributed by atoms with E-state index in [1.165, 1.54) is 0 Å². The summed E-state index contributed by atoms with van der Waals surface area (Å²) in [6.07, 6.45) is 7.02. The van der Waals surface area contributed by atoms with Crippen LogP contribution in [0, 0.1) is 0 Å². The van der Waals surface area contributed by atoms with Crippen molar-refractivity contribution in [3.05, 3.63) is 18.0 Å². The fourth-order valence-corrected chi connectivity index (χ4v) is 4.43. The van der Waals surface area contributed by atoms with Gasteiger partial charge in [-0.05, 0) is 31.9 Å². The minimum absolute atomic E-state index is 0.164. The zero-order valence-electron chi connectivity index (χ0n) is 13.3. The number of nitrogens with zero attached hydrogens (tertiary/aromatic N) is 2. The highest BCUT2D eigenvalue weighted by Crippen LogP contribution is 2.27. The summed E-state index contributed by atoms with van der Waals surface area (Å²) < 4.78 is 28.9. The van der Waals surface area contributed by atoms with Crippen LogP contribution in [0.15, 0.2) is 17.2 Å². The van der Waals surface area contributed by atoms with Gasteiger partial charge in [0, 0.05) is 38.6 Å². The Morgan fingerprint density at radius 2 is 2.05 bits per heavy atom. The first-order valence-corrected chi connectivity index (χ1v) is 9.24. The Bertz CT molecular complexity index is 559. The molecule has 0 amide bonds. The van der Waals surface area contributed by atoms with Gasteiger partial charge >= 0.3 is 0 Å². The summed E-state index contributed by atoms with van der Waals surface area (Å²) in [7, 11) is 0.246. The quantitative estimate of drug-likeness (QED) is 0.784. The van der Waals surface area contributed by atoms with Crippen molar-refractivity contribution in [1.29, 1.82) is 0 Å². The van der Waals surface area contributed by atoms with Gasteiger partial charge in [-0.3, -0.25) is 0 Å². The smallest absolute Gasteiger partial charge is 0.244 e. The summed E-state index contributed by atoms with van der Waals surface area (Å²) in [5, 5.41) is 3.31. The molecule has 1 aliphatic rings. The Labute approximate surface area is 128 Å². The molecule has 0 unspecified atom stereocenters. The fourth-order valence-electron chi connectivity index (χ4n) is 2.92. The highest BCUT2D eigenvalue weighted by molar-refractivity contribution is 7.89. The van der Waals surface area contributed by atoms with E-state index in [0.717, 1.165) is 44.3 Å². The third-order valence-electron chi connectivity index (χ3n) is 4.33. The molecule has 0 aliphatic heterocycles. The molecule has 0 bridgehead atoms. The van der Waals surface area contributed by atoms with E-state index in [2.05, 4.69) is 12.2 Å². The summed E-state index contributed by atoms with van der Waals surface area (Å²) in [6.45, 7) is 3.76. The average molecular weight is 313 g/mol. The Morgan fingerprint density at radius 1 is 1.38 bits per heavy atom. The number of hydrogen-bond acceptors (Lipinski definition) is 3. The third kappa shape index (κ3) is 3.67. The van der Waals surface area contributed by atoms with Crippen LogP contribution in [0.3, 0.4) is 0 Å². The Balaban J connectivity index is 2.14. The van der Waals surface area contributed by atoms with E-state index in [-0.39, 0.29) is 6.04 Å². The molecule has 0 spiro atoms. The van der Waals surface area contributed by atoms with Crippen molar-refractivity contribution in [2.75, 3.05) is 13.6 Å². The Kier molecular flexibility index (Phi) is 5.46. The maximum atomic E-state index is 12.7. The molecular formula is C15H27N3O2S. The standard InChI is InChI=1S/C15H27N3O2S/c1-4-9-16-11-14-10-15(12-17(14)2)21(19,20)18(3)13-7-5-6-8-13/h10,12-13,16H,4-9,11H2,1-3H3. The summed E-state index contributed by atoms with van der Waals surface area (Å²) in [6, 6.07) is 1.96. The van der Waals surface area contributed by atoms with Crippen molar-refractivity contribution < 1.29 is 8.42 Å². The predicted octanol–water partition coefficient (Wildman–Crippen LogP) is 2.09. The van der Waals surface area contributed by atoms with Crippen molar-refractivity contribution >= 4 is 10.0 Å². The van der Waals surface area contributed by atoms with Gasteiger partial charge in [0.2, 0.25) is 10.0 Å². The van der Waals surface area contributed by atoms with Crippen molar-refractivity contribution in [1.82, 2.24) is 14.2 Å². The molecule has 0 saturated heterocycles. The lowest BCUT2D eigenvalue weighted by Gasteiger charge is -2.22. The molecule has 0 aromatic carbocycles. The molecule has 1 fully saturated rings. The minimum Gasteiger partial charge on any atom is -0.352 e. The zero-order chi connectivity index (χ0) is 15.5. The number of nitrogens with one attached hydrogen (secondary N) is 1. The lowest BCUT2D eigenvalue weighted by molar-refractivity contribution is 0.373. The van der Waals surface area contributed by atoms with E-state index in [1.807, 2.05) is 11.6 Å². The number of sulfonamides is 1. The lowest BCUT2D eigenvalue weighted by Crippen LogP contribution is -2.35. The molecule has 21 heavy (non-hydrogen) atoms. The summed E-state index contributed by atoms with van der Waals surface area (Å²) in [4.78, 5) is 0.410. The van der Waals surface area contributed by atoms with E-state index in [1.54, 1.807) is 23.6 Å². The van der Waals surface area contributed by atoms with E-state index in [4.69, 9.17) is 0 Å². The molecule has 6 heteroatoms. The molecule has 1 saturated carbocycles. The first-order valence-electron chi connectivity index (χ1n) is 7.80. The SMILES string of the molecule is CCCNCc1cc(S(=O)(=O)N(C)C2CCCC2)cn1C. The molecule has 0 radical (unpaired) electrons. The number of hydrogen-bond donors (Lipinski definition) is 1. The van der Waals surface area contributed by atoms with Gasteiger partial charge in [0.1, 0.15) is 4.90 Å². The Morgan fingerprint density at radius 3 is 2.67 bits per heavy atom. The van der Waals surface area contributed by atoms with Gasteiger partial charge < -0.3 is 9.88 Å². The molecule has 1 N–H and O–H groups in total. The van der Waals surface area contributed by atoms with E-state index >= 15 is 0 Å². The second-order valence-corrected chi connectivity index (χ2v) is 7.91. The van der Waals surface area contributed by atoms with Gasteiger partial charge in [-0.25, -0.2) is 8.42 Å². The topological polar surface area (TPSA) is 54.3 Å². The van der Waals surface area contributed by atoms with Gasteiger partial charge in [-0.15, -0.1) is 0 Å². The van der Waals surface area contributed by atoms with Crippen LogP contribution >= 0.6 is 0 Å². The molecule has 1 aromatic rings. The monoisotopic (exact) mass is 313 g/mol. The van der Waals surface area contributed by atoms with Crippen LogP contribution in [0.25, 0.3) is 0 Å². The van der Waals surface area contributed by atoms with E-state index in [0.29, 0.717) is 11.4 Å². The molecule has 1 aliphatic carbocycles. The van der Waals surface area contributed by atoms with Gasteiger partial charge in [0.05, 0.1) is 0 Å². The minimum atomic E-state index is -3.37. The van der Waals surface area contributed by atoms with E-state index < -0.39 is 10.0 Å². The molecule has 5 nitrogen and oxygen atoms in total. The van der Waals surface area contributed by atoms with Crippen molar-refractivity contribution in [2.45, 2.75) is 56.5 Å². The van der Waals surface area contributed by atoms with Gasteiger partial charge in [0.15, 0.2) is 0 Å². The maximum Gasteiger partial charge on any atom is 0.244 e. The van der Waals surface area contributed by atoms with Crippen LogP contribution in [-0.4, -0.2) is 36.9 Å². The van der Waals surface area contributed by atoms with E-state index in [9.17, 15) is 8.42 Å². The van der Waals surface area contributed by atoms with Crippen LogP contribution < -0.4 is 5.32 Å². The van der Waals surface area contributed by atoms with Crippen LogP contribution in [0.4, 0.5) is 0 Å². The van der Waals surface area contributed by atoms with Crippen LogP contribution in [0.2, 0.25) is 0 Å². The second kappa shape index (κ2) is 6.94. The zero-order valence-corrected chi connectivity index (χ0v) is 14.1. The highest BCUT2D eigenvalue weighted by Gasteiger charge is 2.30. The predicted molar refractivity (Wildman–Crippen MR) is 84.6 cm³/mol. The van der Waals surface area contributed by atoms with Crippen LogP contribution in [-0.2, 0) is 23.6 Å². The molecule has 1 aromatic heterocycles. The lowest BCUT2D eigenvalue weighted by atomic mass is 10.3. The normalized spacial score (nSPS) is 17.0. The fraction of sp³-hybridized carbons (Fsp3) is 0.733. The van der Waals surface area contributed by atoms with Crippen LogP contribution in [0.5, 0.6) is 0 Å². The first-order chi connectivity index (χ1) is 9.96. The molecule has 0 atom stereocenters. The highest BCUT2D eigenvalue weighted by atomic mass is 32.2. The van der Waals surface area contributed by atoms with Gasteiger partial charge in [-0.2, -0.15) is 4.31 Å². The average Bonchev–Trinajstić information content (AvgIpc) is 3.08. The third-order valence-corrected chi connectivity index (χ3v) is 6.21. The number of rotatable bonds is 7. The van der Waals surface area contributed by atoms with Crippen molar-refractivity contribution in [3.8, 4) is 0 Å². The van der Waals surface area contributed by atoms with Gasteiger partial charge in [0.25, 0.3) is 0 Å². The van der Waals surface area contributed by atoms with Crippen LogP contribution in [0.1, 0.15) is 44.7 Å². The number of aryl methyl sites for hydroxylation is 1. The summed E-state index contributed by atoms with van der Waals surface area (Å²) in [5.74, 6) is 0.